The maximum atomic E-state index is 5.26. The molecule has 2 aromatic rings. The summed E-state index contributed by atoms with van der Waals surface area (Å²) >= 11 is 0. The molecule has 0 aliphatic carbocycles. The summed E-state index contributed by atoms with van der Waals surface area (Å²) in [5, 5.41) is 5.63. The van der Waals surface area contributed by atoms with E-state index < -0.39 is 0 Å². The van der Waals surface area contributed by atoms with E-state index >= 15 is 0 Å². The van der Waals surface area contributed by atoms with Gasteiger partial charge in [-0.15, -0.1) is 0 Å². The van der Waals surface area contributed by atoms with Crippen LogP contribution in [0.25, 0.3) is 10.8 Å². The molecule has 0 saturated carbocycles. The first kappa shape index (κ1) is 13.6. The molecular weight excluding hydrogens is 238 g/mol. The average molecular weight is 259 g/mol. The minimum absolute atomic E-state index is 0.875. The summed E-state index contributed by atoms with van der Waals surface area (Å²) < 4.78 is 5.26. The van der Waals surface area contributed by atoms with Crippen LogP contribution in [0.1, 0.15) is 6.92 Å². The molecule has 0 radical (unpaired) electrons. The van der Waals surface area contributed by atoms with Crippen LogP contribution in [0.5, 0.6) is 5.75 Å². The summed E-state index contributed by atoms with van der Waals surface area (Å²) in [6.07, 6.45) is 1.85. The van der Waals surface area contributed by atoms with Gasteiger partial charge in [-0.25, -0.2) is 4.98 Å². The van der Waals surface area contributed by atoms with Crippen molar-refractivity contribution in [2.45, 2.75) is 6.92 Å². The highest BCUT2D eigenvalue weighted by Gasteiger charge is 2.07. The van der Waals surface area contributed by atoms with Crippen molar-refractivity contribution in [2.75, 3.05) is 38.7 Å². The highest BCUT2D eigenvalue weighted by molar-refractivity contribution is 5.92. The molecule has 0 amide bonds. The Morgan fingerprint density at radius 2 is 2.16 bits per heavy atom. The molecule has 102 valence electrons. The van der Waals surface area contributed by atoms with Crippen LogP contribution in [-0.2, 0) is 0 Å². The molecule has 0 spiro atoms. The Morgan fingerprint density at radius 3 is 2.89 bits per heavy atom. The molecule has 1 aromatic heterocycles. The van der Waals surface area contributed by atoms with Crippen LogP contribution in [0, 0.1) is 0 Å². The van der Waals surface area contributed by atoms with Gasteiger partial charge in [0.2, 0.25) is 0 Å². The first-order valence-electron chi connectivity index (χ1n) is 6.61. The van der Waals surface area contributed by atoms with Crippen LogP contribution in [0.4, 0.5) is 5.82 Å². The zero-order valence-corrected chi connectivity index (χ0v) is 11.8. The second kappa shape index (κ2) is 6.38. The smallest absolute Gasteiger partial charge is 0.136 e. The molecule has 0 saturated heterocycles. The predicted octanol–water partition coefficient (Wildman–Crippen LogP) is 2.29. The van der Waals surface area contributed by atoms with Gasteiger partial charge >= 0.3 is 0 Å². The number of pyridine rings is 1. The van der Waals surface area contributed by atoms with Crippen molar-refractivity contribution in [3.05, 3.63) is 30.5 Å². The van der Waals surface area contributed by atoms with Crippen LogP contribution < -0.4 is 15.0 Å². The van der Waals surface area contributed by atoms with Gasteiger partial charge in [0.25, 0.3) is 0 Å². The summed E-state index contributed by atoms with van der Waals surface area (Å²) in [4.78, 5) is 6.68. The minimum Gasteiger partial charge on any atom is -0.497 e. The first-order chi connectivity index (χ1) is 9.26. The van der Waals surface area contributed by atoms with E-state index in [0.717, 1.165) is 42.0 Å². The third kappa shape index (κ3) is 3.15. The lowest BCUT2D eigenvalue weighted by molar-refractivity contribution is 0.415. The van der Waals surface area contributed by atoms with E-state index in [1.807, 2.05) is 24.4 Å². The van der Waals surface area contributed by atoms with E-state index in [4.69, 9.17) is 4.74 Å². The second-order valence-corrected chi connectivity index (χ2v) is 4.50. The zero-order valence-electron chi connectivity index (χ0n) is 11.8. The molecule has 1 aromatic carbocycles. The summed E-state index contributed by atoms with van der Waals surface area (Å²) in [7, 11) is 3.76. The van der Waals surface area contributed by atoms with Gasteiger partial charge in [-0.05, 0) is 36.2 Å². The van der Waals surface area contributed by atoms with Crippen LogP contribution in [0.15, 0.2) is 30.5 Å². The molecule has 0 bridgehead atoms. The van der Waals surface area contributed by atoms with E-state index in [0.29, 0.717) is 0 Å². The topological polar surface area (TPSA) is 37.4 Å². The van der Waals surface area contributed by atoms with E-state index in [1.54, 1.807) is 7.11 Å². The summed E-state index contributed by atoms with van der Waals surface area (Å²) in [6, 6.07) is 8.10. The quantitative estimate of drug-likeness (QED) is 0.808. The van der Waals surface area contributed by atoms with Gasteiger partial charge in [-0.1, -0.05) is 6.92 Å². The normalized spacial score (nSPS) is 10.7. The fraction of sp³-hybridized carbons (Fsp3) is 0.400. The third-order valence-corrected chi connectivity index (χ3v) is 3.19. The fourth-order valence-electron chi connectivity index (χ4n) is 2.10. The summed E-state index contributed by atoms with van der Waals surface area (Å²) in [5.41, 5.74) is 0. The molecule has 0 aliphatic rings. The van der Waals surface area contributed by atoms with E-state index in [1.165, 1.54) is 0 Å². The molecule has 0 aliphatic heterocycles. The maximum Gasteiger partial charge on any atom is 0.136 e. The molecule has 19 heavy (non-hydrogen) atoms. The maximum absolute atomic E-state index is 5.26. The van der Waals surface area contributed by atoms with Crippen molar-refractivity contribution in [2.24, 2.45) is 0 Å². The molecule has 1 N–H and O–H groups in total. The van der Waals surface area contributed by atoms with Gasteiger partial charge < -0.3 is 15.0 Å². The average Bonchev–Trinajstić information content (AvgIpc) is 2.46. The molecule has 0 atom stereocenters. The molecule has 4 nitrogen and oxygen atoms in total. The van der Waals surface area contributed by atoms with Crippen molar-refractivity contribution < 1.29 is 4.74 Å². The minimum atomic E-state index is 0.875. The molecular formula is C15H21N3O. The monoisotopic (exact) mass is 259 g/mol. The van der Waals surface area contributed by atoms with Crippen LogP contribution in [-0.4, -0.2) is 38.8 Å². The lowest BCUT2D eigenvalue weighted by Crippen LogP contribution is -2.29. The molecule has 0 fully saturated rings. The molecule has 2 rings (SSSR count). The van der Waals surface area contributed by atoms with Gasteiger partial charge in [-0.2, -0.15) is 0 Å². The Kier molecular flexibility index (Phi) is 4.58. The van der Waals surface area contributed by atoms with Crippen LogP contribution in [0.2, 0.25) is 0 Å². The Morgan fingerprint density at radius 1 is 1.32 bits per heavy atom. The lowest BCUT2D eigenvalue weighted by Gasteiger charge is -2.20. The number of aromatic nitrogens is 1. The number of fused-ring (bicyclic) bond motifs is 1. The Labute approximate surface area is 114 Å². The Balaban J connectivity index is 2.27. The number of methoxy groups -OCH3 is 1. The number of rotatable bonds is 6. The molecule has 0 unspecified atom stereocenters. The summed E-state index contributed by atoms with van der Waals surface area (Å²) in [6.45, 7) is 5.00. The highest BCUT2D eigenvalue weighted by atomic mass is 16.5. The SMILES string of the molecule is CCNCCN(C)c1nccc2cc(OC)ccc12. The van der Waals surface area contributed by atoms with E-state index in [-0.39, 0.29) is 0 Å². The van der Waals surface area contributed by atoms with Crippen molar-refractivity contribution in [3.8, 4) is 5.75 Å². The van der Waals surface area contributed by atoms with Gasteiger partial charge in [0.15, 0.2) is 0 Å². The number of hydrogen-bond acceptors (Lipinski definition) is 4. The first-order valence-corrected chi connectivity index (χ1v) is 6.61. The highest BCUT2D eigenvalue weighted by Crippen LogP contribution is 2.26. The number of nitrogens with one attached hydrogen (secondary N) is 1. The van der Waals surface area contributed by atoms with Crippen molar-refractivity contribution in [1.29, 1.82) is 0 Å². The van der Waals surface area contributed by atoms with Crippen LogP contribution in [0.3, 0.4) is 0 Å². The van der Waals surface area contributed by atoms with Crippen molar-refractivity contribution in [1.82, 2.24) is 10.3 Å². The van der Waals surface area contributed by atoms with E-state index in [9.17, 15) is 0 Å². The largest absolute Gasteiger partial charge is 0.497 e. The molecule has 1 heterocycles. The number of likely N-dealkylation sites (N-methyl/N-ethyl adjacent to an activating group) is 2. The second-order valence-electron chi connectivity index (χ2n) is 4.50. The third-order valence-electron chi connectivity index (χ3n) is 3.19. The van der Waals surface area contributed by atoms with Gasteiger partial charge in [0.05, 0.1) is 7.11 Å². The Hall–Kier alpha value is -1.81. The molecule has 4 heteroatoms. The number of hydrogen-bond donors (Lipinski definition) is 1. The van der Waals surface area contributed by atoms with Gasteiger partial charge in [0.1, 0.15) is 11.6 Å². The predicted molar refractivity (Wildman–Crippen MR) is 80.1 cm³/mol. The number of nitrogens with zero attached hydrogens (tertiary/aromatic N) is 2. The standard InChI is InChI=1S/C15H21N3O/c1-4-16-9-10-18(2)15-14-6-5-13(19-3)11-12(14)7-8-17-15/h5-8,11,16H,4,9-10H2,1-3H3. The number of benzene rings is 1. The van der Waals surface area contributed by atoms with Gasteiger partial charge in [0, 0.05) is 31.7 Å². The van der Waals surface area contributed by atoms with Crippen LogP contribution >= 0.6 is 0 Å². The zero-order chi connectivity index (χ0) is 13.7. The lowest BCUT2D eigenvalue weighted by atomic mass is 10.1. The van der Waals surface area contributed by atoms with Crippen molar-refractivity contribution in [3.63, 3.8) is 0 Å². The Bertz CT molecular complexity index is 542. The van der Waals surface area contributed by atoms with Crippen molar-refractivity contribution >= 4 is 16.6 Å². The van der Waals surface area contributed by atoms with E-state index in [2.05, 4.69) is 35.2 Å². The fourth-order valence-corrected chi connectivity index (χ4v) is 2.10. The summed E-state index contributed by atoms with van der Waals surface area (Å²) in [5.74, 6) is 1.89. The van der Waals surface area contributed by atoms with Gasteiger partial charge in [-0.3, -0.25) is 0 Å². The number of anilines is 1. The number of ether oxygens (including phenoxy) is 1.